The molecule has 0 saturated carbocycles. The third kappa shape index (κ3) is 4.19. The molecule has 8 nitrogen and oxygen atoms in total. The van der Waals surface area contributed by atoms with Crippen LogP contribution in [-0.2, 0) is 4.79 Å². The predicted octanol–water partition coefficient (Wildman–Crippen LogP) is 4.67. The summed E-state index contributed by atoms with van der Waals surface area (Å²) in [6, 6.07) is 17.3. The molecule has 2 aromatic heterocycles. The van der Waals surface area contributed by atoms with Crippen molar-refractivity contribution < 1.29 is 9.90 Å². The maximum Gasteiger partial charge on any atom is 0.215 e. The van der Waals surface area contributed by atoms with E-state index in [1.165, 1.54) is 5.56 Å². The number of rotatable bonds is 6. The van der Waals surface area contributed by atoms with Crippen molar-refractivity contribution in [2.75, 3.05) is 28.6 Å². The first-order valence-electron chi connectivity index (χ1n) is 12.0. The molecule has 1 aliphatic carbocycles. The number of H-pyrrole nitrogens is 1. The zero-order chi connectivity index (χ0) is 24.6. The van der Waals surface area contributed by atoms with Gasteiger partial charge in [-0.3, -0.25) is 4.79 Å². The average Bonchev–Trinajstić information content (AvgIpc) is 3.41. The first kappa shape index (κ1) is 22.6. The highest BCUT2D eigenvalue weighted by molar-refractivity contribution is 6.30. The number of aliphatic hydroxyl groups excluding tert-OH is 1. The number of anilines is 3. The second-order valence-electron chi connectivity index (χ2n) is 9.16. The minimum Gasteiger partial charge on any atom is -0.378 e. The number of nitrogens with one attached hydrogen (secondary N) is 3. The van der Waals surface area contributed by atoms with Crippen molar-refractivity contribution in [1.29, 1.82) is 0 Å². The Kier molecular flexibility index (Phi) is 5.83. The first-order chi connectivity index (χ1) is 17.6. The van der Waals surface area contributed by atoms with Gasteiger partial charge in [0.25, 0.3) is 0 Å². The van der Waals surface area contributed by atoms with Gasteiger partial charge in [0.2, 0.25) is 5.78 Å². The van der Waals surface area contributed by atoms with E-state index in [1.54, 1.807) is 30.6 Å². The molecule has 0 spiro atoms. The van der Waals surface area contributed by atoms with Gasteiger partial charge in [0, 0.05) is 41.6 Å². The predicted molar refractivity (Wildman–Crippen MR) is 141 cm³/mol. The lowest BCUT2D eigenvalue weighted by molar-refractivity contribution is -0.124. The van der Waals surface area contributed by atoms with Crippen LogP contribution in [0.5, 0.6) is 0 Å². The summed E-state index contributed by atoms with van der Waals surface area (Å²) in [4.78, 5) is 26.8. The SMILES string of the molecule is O=C1C(Nc2cccc(C3CCCN(c4ncnc5[nH]ccc45)C3)c2)=C(Nc2ccc(Cl)cc2)C1O. The zero-order valence-electron chi connectivity index (χ0n) is 19.4. The molecule has 2 aromatic carbocycles. The quantitative estimate of drug-likeness (QED) is 0.304. The molecular formula is C27H25ClN6O2. The zero-order valence-corrected chi connectivity index (χ0v) is 20.2. The van der Waals surface area contributed by atoms with E-state index >= 15 is 0 Å². The third-order valence-electron chi connectivity index (χ3n) is 6.84. The van der Waals surface area contributed by atoms with E-state index in [4.69, 9.17) is 11.6 Å². The lowest BCUT2D eigenvalue weighted by Crippen LogP contribution is -2.43. The molecule has 182 valence electrons. The Hall–Kier alpha value is -3.88. The van der Waals surface area contributed by atoms with Crippen molar-refractivity contribution in [2.45, 2.75) is 24.9 Å². The van der Waals surface area contributed by atoms with E-state index in [9.17, 15) is 9.90 Å². The van der Waals surface area contributed by atoms with E-state index in [2.05, 4.69) is 42.6 Å². The number of carbonyl (C=O) groups is 1. The van der Waals surface area contributed by atoms with Crippen LogP contribution >= 0.6 is 11.6 Å². The molecule has 3 heterocycles. The van der Waals surface area contributed by atoms with Crippen molar-refractivity contribution in [3.8, 4) is 0 Å². The number of Topliss-reactive ketones (excluding diaryl/α,β-unsaturated/α-hetero) is 1. The molecular weight excluding hydrogens is 476 g/mol. The molecule has 2 aliphatic rings. The number of piperidine rings is 1. The molecule has 1 fully saturated rings. The molecule has 36 heavy (non-hydrogen) atoms. The lowest BCUT2D eigenvalue weighted by atomic mass is 9.90. The molecule has 1 saturated heterocycles. The Bertz CT molecular complexity index is 1460. The maximum absolute atomic E-state index is 12.4. The number of ketones is 1. The minimum atomic E-state index is -1.17. The molecule has 2 unspecified atom stereocenters. The Balaban J connectivity index is 1.21. The Labute approximate surface area is 213 Å². The second kappa shape index (κ2) is 9.29. The summed E-state index contributed by atoms with van der Waals surface area (Å²) in [6.07, 6.45) is 4.46. The third-order valence-corrected chi connectivity index (χ3v) is 7.09. The molecule has 2 atom stereocenters. The largest absolute Gasteiger partial charge is 0.378 e. The van der Waals surface area contributed by atoms with E-state index in [0.717, 1.165) is 54.2 Å². The summed E-state index contributed by atoms with van der Waals surface area (Å²) in [7, 11) is 0. The van der Waals surface area contributed by atoms with Gasteiger partial charge < -0.3 is 25.6 Å². The fourth-order valence-corrected chi connectivity index (χ4v) is 5.10. The summed E-state index contributed by atoms with van der Waals surface area (Å²) < 4.78 is 0. The normalized spacial score (nSPS) is 19.9. The number of fused-ring (bicyclic) bond motifs is 1. The van der Waals surface area contributed by atoms with Crippen LogP contribution in [-0.4, -0.2) is 45.0 Å². The van der Waals surface area contributed by atoms with Gasteiger partial charge >= 0.3 is 0 Å². The van der Waals surface area contributed by atoms with Gasteiger partial charge in [0.05, 0.1) is 11.1 Å². The van der Waals surface area contributed by atoms with E-state index in [-0.39, 0.29) is 5.78 Å². The van der Waals surface area contributed by atoms with Crippen LogP contribution in [0.1, 0.15) is 24.3 Å². The van der Waals surface area contributed by atoms with Gasteiger partial charge in [-0.05, 0) is 60.9 Å². The summed E-state index contributed by atoms with van der Waals surface area (Å²) >= 11 is 5.96. The lowest BCUT2D eigenvalue weighted by Gasteiger charge is -2.34. The smallest absolute Gasteiger partial charge is 0.215 e. The van der Waals surface area contributed by atoms with Crippen LogP contribution in [0.4, 0.5) is 17.2 Å². The highest BCUT2D eigenvalue weighted by Crippen LogP contribution is 2.34. The molecule has 0 amide bonds. The number of hydrogen-bond acceptors (Lipinski definition) is 7. The Morgan fingerprint density at radius 3 is 2.78 bits per heavy atom. The number of carbonyl (C=O) groups excluding carboxylic acids is 1. The van der Waals surface area contributed by atoms with Gasteiger partial charge in [-0.25, -0.2) is 9.97 Å². The Morgan fingerprint density at radius 1 is 1.06 bits per heavy atom. The number of halogens is 1. The monoisotopic (exact) mass is 500 g/mol. The molecule has 6 rings (SSSR count). The summed E-state index contributed by atoms with van der Waals surface area (Å²) in [5.74, 6) is 0.949. The van der Waals surface area contributed by atoms with E-state index in [0.29, 0.717) is 22.3 Å². The molecule has 0 radical (unpaired) electrons. The highest BCUT2D eigenvalue weighted by atomic mass is 35.5. The number of nitrogens with zero attached hydrogens (tertiary/aromatic N) is 3. The second-order valence-corrected chi connectivity index (χ2v) is 9.60. The van der Waals surface area contributed by atoms with Gasteiger partial charge in [-0.15, -0.1) is 0 Å². The summed E-state index contributed by atoms with van der Waals surface area (Å²) in [5, 5.41) is 18.3. The van der Waals surface area contributed by atoms with Crippen molar-refractivity contribution in [3.05, 3.63) is 89.1 Å². The van der Waals surface area contributed by atoms with Crippen molar-refractivity contribution in [2.24, 2.45) is 0 Å². The molecule has 9 heteroatoms. The van der Waals surface area contributed by atoms with Crippen LogP contribution in [0.25, 0.3) is 11.0 Å². The number of aromatic nitrogens is 3. The first-order valence-corrected chi connectivity index (χ1v) is 12.3. The number of benzene rings is 2. The van der Waals surface area contributed by atoms with Gasteiger partial charge in [-0.1, -0.05) is 23.7 Å². The molecule has 4 N–H and O–H groups in total. The van der Waals surface area contributed by atoms with E-state index < -0.39 is 6.10 Å². The number of hydrogen-bond donors (Lipinski definition) is 4. The minimum absolute atomic E-state index is 0.327. The fourth-order valence-electron chi connectivity index (χ4n) is 4.98. The number of aliphatic hydroxyl groups is 1. The fraction of sp³-hybridized carbons (Fsp3) is 0.222. The standard InChI is InChI=1S/C27H25ClN6O2/c28-18-6-8-19(9-7-18)32-22-23(25(36)24(22)35)33-20-5-1-3-16(13-20)17-4-2-12-34(14-17)27-21-10-11-29-26(21)30-15-31-27/h1,3,5-11,13,15,17,24,32-33,35H,2,4,12,14H2,(H,29,30,31). The molecule has 1 aliphatic heterocycles. The van der Waals surface area contributed by atoms with Gasteiger partial charge in [0.15, 0.2) is 6.10 Å². The van der Waals surface area contributed by atoms with Gasteiger partial charge in [-0.2, -0.15) is 0 Å². The van der Waals surface area contributed by atoms with Crippen LogP contribution in [0.15, 0.2) is 78.5 Å². The molecule has 0 bridgehead atoms. The summed E-state index contributed by atoms with van der Waals surface area (Å²) in [5.41, 5.74) is 4.43. The van der Waals surface area contributed by atoms with E-state index in [1.807, 2.05) is 24.4 Å². The topological polar surface area (TPSA) is 106 Å². The van der Waals surface area contributed by atoms with Crippen LogP contribution in [0.3, 0.4) is 0 Å². The van der Waals surface area contributed by atoms with Crippen molar-refractivity contribution in [1.82, 2.24) is 15.0 Å². The molecule has 4 aromatic rings. The van der Waals surface area contributed by atoms with Crippen molar-refractivity contribution >= 4 is 45.6 Å². The summed E-state index contributed by atoms with van der Waals surface area (Å²) in [6.45, 7) is 1.80. The van der Waals surface area contributed by atoms with Crippen LogP contribution in [0.2, 0.25) is 5.02 Å². The highest BCUT2D eigenvalue weighted by Gasteiger charge is 2.38. The van der Waals surface area contributed by atoms with Crippen LogP contribution < -0.4 is 15.5 Å². The Morgan fingerprint density at radius 2 is 1.92 bits per heavy atom. The number of aromatic amines is 1. The average molecular weight is 501 g/mol. The van der Waals surface area contributed by atoms with Gasteiger partial charge in [0.1, 0.15) is 23.5 Å². The maximum atomic E-state index is 12.4. The van der Waals surface area contributed by atoms with Crippen LogP contribution in [0, 0.1) is 0 Å². The van der Waals surface area contributed by atoms with Crippen molar-refractivity contribution in [3.63, 3.8) is 0 Å².